The summed E-state index contributed by atoms with van der Waals surface area (Å²) in [5, 5.41) is 9.47. The Hall–Kier alpha value is -0.890. The molecule has 1 rings (SSSR count). The second-order valence-electron chi connectivity index (χ2n) is 2.60. The lowest BCUT2D eigenvalue weighted by atomic mass is 10.1. The van der Waals surface area contributed by atoms with E-state index in [0.29, 0.717) is 0 Å². The van der Waals surface area contributed by atoms with Crippen LogP contribution in [0.25, 0.3) is 0 Å². The molecule has 1 atom stereocenters. The molecule has 0 radical (unpaired) electrons. The van der Waals surface area contributed by atoms with Crippen molar-refractivity contribution in [2.45, 2.75) is 26.4 Å². The van der Waals surface area contributed by atoms with E-state index in [1.54, 1.807) is 6.20 Å². The number of aromatic nitrogens is 1. The van der Waals surface area contributed by atoms with Crippen LogP contribution in [0.3, 0.4) is 0 Å². The Labute approximate surface area is 66.9 Å². The predicted molar refractivity (Wildman–Crippen MR) is 44.2 cm³/mol. The van der Waals surface area contributed by atoms with Crippen molar-refractivity contribution in [3.8, 4) is 0 Å². The molecular formula is C9H13NO. The molecule has 0 aromatic carbocycles. The van der Waals surface area contributed by atoms with Crippen LogP contribution < -0.4 is 0 Å². The SMILES string of the molecule is CC[C@@H](O)c1cccnc1C. The molecule has 1 heterocycles. The average Bonchev–Trinajstić information content (AvgIpc) is 2.04. The summed E-state index contributed by atoms with van der Waals surface area (Å²) in [5.74, 6) is 0. The third-order valence-electron chi connectivity index (χ3n) is 1.79. The monoisotopic (exact) mass is 151 g/mol. The molecule has 0 fully saturated rings. The van der Waals surface area contributed by atoms with Crippen LogP contribution in [0.4, 0.5) is 0 Å². The van der Waals surface area contributed by atoms with Gasteiger partial charge in [-0.3, -0.25) is 4.98 Å². The Morgan fingerprint density at radius 1 is 1.64 bits per heavy atom. The second-order valence-corrected chi connectivity index (χ2v) is 2.60. The molecule has 1 N–H and O–H groups in total. The Bertz CT molecular complexity index is 235. The molecule has 0 aliphatic carbocycles. The number of hydrogen-bond donors (Lipinski definition) is 1. The van der Waals surface area contributed by atoms with E-state index in [4.69, 9.17) is 0 Å². The fourth-order valence-electron chi connectivity index (χ4n) is 1.07. The summed E-state index contributed by atoms with van der Waals surface area (Å²) < 4.78 is 0. The van der Waals surface area contributed by atoms with Crippen LogP contribution in [0.5, 0.6) is 0 Å². The fourth-order valence-corrected chi connectivity index (χ4v) is 1.07. The molecule has 0 bridgehead atoms. The van der Waals surface area contributed by atoms with E-state index >= 15 is 0 Å². The number of aliphatic hydroxyl groups is 1. The zero-order valence-electron chi connectivity index (χ0n) is 6.91. The molecule has 0 unspecified atom stereocenters. The van der Waals surface area contributed by atoms with Gasteiger partial charge in [-0.1, -0.05) is 13.0 Å². The highest BCUT2D eigenvalue weighted by molar-refractivity contribution is 5.20. The van der Waals surface area contributed by atoms with Crippen LogP contribution in [-0.4, -0.2) is 10.1 Å². The molecule has 2 heteroatoms. The Morgan fingerprint density at radius 2 is 2.36 bits per heavy atom. The highest BCUT2D eigenvalue weighted by Crippen LogP contribution is 2.17. The lowest BCUT2D eigenvalue weighted by Crippen LogP contribution is -1.99. The normalized spacial score (nSPS) is 13.0. The molecule has 1 aromatic heterocycles. The average molecular weight is 151 g/mol. The molecule has 0 spiro atoms. The second kappa shape index (κ2) is 3.49. The highest BCUT2D eigenvalue weighted by Gasteiger charge is 2.06. The molecule has 0 saturated heterocycles. The van der Waals surface area contributed by atoms with Gasteiger partial charge in [0.2, 0.25) is 0 Å². The standard InChI is InChI=1S/C9H13NO/c1-3-9(11)8-5-4-6-10-7(8)2/h4-6,9,11H,3H2,1-2H3/t9-/m1/s1. The largest absolute Gasteiger partial charge is 0.388 e. The van der Waals surface area contributed by atoms with Crippen molar-refractivity contribution < 1.29 is 5.11 Å². The minimum absolute atomic E-state index is 0.358. The molecule has 0 amide bonds. The first-order valence-electron chi connectivity index (χ1n) is 3.85. The molecule has 60 valence electrons. The first-order chi connectivity index (χ1) is 5.25. The lowest BCUT2D eigenvalue weighted by Gasteiger charge is -2.09. The van der Waals surface area contributed by atoms with Crippen molar-refractivity contribution in [1.29, 1.82) is 0 Å². The number of aryl methyl sites for hydroxylation is 1. The summed E-state index contributed by atoms with van der Waals surface area (Å²) >= 11 is 0. The van der Waals surface area contributed by atoms with E-state index in [1.165, 1.54) is 0 Å². The summed E-state index contributed by atoms with van der Waals surface area (Å²) in [4.78, 5) is 4.09. The number of rotatable bonds is 2. The van der Waals surface area contributed by atoms with Gasteiger partial charge >= 0.3 is 0 Å². The number of aliphatic hydroxyl groups excluding tert-OH is 1. The van der Waals surface area contributed by atoms with E-state index in [0.717, 1.165) is 17.7 Å². The van der Waals surface area contributed by atoms with Gasteiger partial charge in [0.15, 0.2) is 0 Å². The number of nitrogens with zero attached hydrogens (tertiary/aromatic N) is 1. The highest BCUT2D eigenvalue weighted by atomic mass is 16.3. The maximum atomic E-state index is 9.47. The van der Waals surface area contributed by atoms with E-state index in [-0.39, 0.29) is 6.10 Å². The molecule has 2 nitrogen and oxygen atoms in total. The van der Waals surface area contributed by atoms with Gasteiger partial charge in [0, 0.05) is 17.5 Å². The van der Waals surface area contributed by atoms with E-state index < -0.39 is 0 Å². The third kappa shape index (κ3) is 1.77. The van der Waals surface area contributed by atoms with Gasteiger partial charge in [-0.2, -0.15) is 0 Å². The minimum Gasteiger partial charge on any atom is -0.388 e. The van der Waals surface area contributed by atoms with E-state index in [9.17, 15) is 5.11 Å². The van der Waals surface area contributed by atoms with Gasteiger partial charge < -0.3 is 5.11 Å². The number of pyridine rings is 1. The van der Waals surface area contributed by atoms with Crippen molar-refractivity contribution in [2.24, 2.45) is 0 Å². The van der Waals surface area contributed by atoms with Crippen LogP contribution in [0.15, 0.2) is 18.3 Å². The van der Waals surface area contributed by atoms with Gasteiger partial charge in [-0.15, -0.1) is 0 Å². The summed E-state index contributed by atoms with van der Waals surface area (Å²) in [6.45, 7) is 3.87. The zero-order chi connectivity index (χ0) is 8.27. The molecule has 11 heavy (non-hydrogen) atoms. The third-order valence-corrected chi connectivity index (χ3v) is 1.79. The lowest BCUT2D eigenvalue weighted by molar-refractivity contribution is 0.172. The van der Waals surface area contributed by atoms with E-state index in [2.05, 4.69) is 4.98 Å². The van der Waals surface area contributed by atoms with E-state index in [1.807, 2.05) is 26.0 Å². The molecule has 0 saturated carbocycles. The maximum absolute atomic E-state index is 9.47. The van der Waals surface area contributed by atoms with Crippen molar-refractivity contribution in [1.82, 2.24) is 4.98 Å². The van der Waals surface area contributed by atoms with Gasteiger partial charge in [-0.05, 0) is 19.4 Å². The van der Waals surface area contributed by atoms with Gasteiger partial charge in [-0.25, -0.2) is 0 Å². The quantitative estimate of drug-likeness (QED) is 0.699. The van der Waals surface area contributed by atoms with Crippen molar-refractivity contribution in [3.63, 3.8) is 0 Å². The Balaban J connectivity index is 2.93. The molecule has 0 aliphatic heterocycles. The Morgan fingerprint density at radius 3 is 2.91 bits per heavy atom. The first-order valence-corrected chi connectivity index (χ1v) is 3.85. The summed E-state index contributed by atoms with van der Waals surface area (Å²) in [6, 6.07) is 3.76. The summed E-state index contributed by atoms with van der Waals surface area (Å²) in [6.07, 6.45) is 2.12. The molecule has 1 aromatic rings. The Kier molecular flexibility index (Phi) is 2.60. The van der Waals surface area contributed by atoms with Gasteiger partial charge in [0.1, 0.15) is 0 Å². The number of hydrogen-bond acceptors (Lipinski definition) is 2. The maximum Gasteiger partial charge on any atom is 0.0804 e. The first kappa shape index (κ1) is 8.21. The predicted octanol–water partition coefficient (Wildman–Crippen LogP) is 1.83. The molecule has 0 aliphatic rings. The van der Waals surface area contributed by atoms with Crippen LogP contribution >= 0.6 is 0 Å². The van der Waals surface area contributed by atoms with Crippen molar-refractivity contribution >= 4 is 0 Å². The zero-order valence-corrected chi connectivity index (χ0v) is 6.91. The van der Waals surface area contributed by atoms with Gasteiger partial charge in [0.25, 0.3) is 0 Å². The summed E-state index contributed by atoms with van der Waals surface area (Å²) in [7, 11) is 0. The van der Waals surface area contributed by atoms with Crippen LogP contribution in [-0.2, 0) is 0 Å². The minimum atomic E-state index is -0.358. The van der Waals surface area contributed by atoms with Crippen LogP contribution in [0, 0.1) is 6.92 Å². The van der Waals surface area contributed by atoms with Crippen LogP contribution in [0.2, 0.25) is 0 Å². The smallest absolute Gasteiger partial charge is 0.0804 e. The van der Waals surface area contributed by atoms with Crippen molar-refractivity contribution in [3.05, 3.63) is 29.6 Å². The van der Waals surface area contributed by atoms with Gasteiger partial charge in [0.05, 0.1) is 6.10 Å². The summed E-state index contributed by atoms with van der Waals surface area (Å²) in [5.41, 5.74) is 1.86. The van der Waals surface area contributed by atoms with Crippen molar-refractivity contribution in [2.75, 3.05) is 0 Å². The fraction of sp³-hybridized carbons (Fsp3) is 0.444. The van der Waals surface area contributed by atoms with Crippen LogP contribution in [0.1, 0.15) is 30.7 Å². The molecular weight excluding hydrogens is 138 g/mol. The topological polar surface area (TPSA) is 33.1 Å².